The van der Waals surface area contributed by atoms with Gasteiger partial charge >= 0.3 is 0 Å². The lowest BCUT2D eigenvalue weighted by Gasteiger charge is -2.14. The Balaban J connectivity index is 1.75. The summed E-state index contributed by atoms with van der Waals surface area (Å²) in [6.45, 7) is 1.71. The Morgan fingerprint density at radius 2 is 2.04 bits per heavy atom. The zero-order valence-corrected chi connectivity index (χ0v) is 13.7. The van der Waals surface area contributed by atoms with Gasteiger partial charge in [0.15, 0.2) is 0 Å². The minimum atomic E-state index is 0.279. The maximum Gasteiger partial charge on any atom is 0.114 e. The van der Waals surface area contributed by atoms with Crippen LogP contribution in [0.5, 0.6) is 0 Å². The van der Waals surface area contributed by atoms with Crippen LogP contribution in [0.3, 0.4) is 0 Å². The van der Waals surface area contributed by atoms with Gasteiger partial charge in [-0.05, 0) is 36.6 Å². The molecular formula is C19H19ClN2O. The van der Waals surface area contributed by atoms with E-state index in [-0.39, 0.29) is 6.10 Å². The highest BCUT2D eigenvalue weighted by atomic mass is 35.5. The minimum absolute atomic E-state index is 0.279. The first-order chi connectivity index (χ1) is 11.3. The summed E-state index contributed by atoms with van der Waals surface area (Å²) in [5.74, 6) is 1.07. The minimum Gasteiger partial charge on any atom is -0.376 e. The van der Waals surface area contributed by atoms with Gasteiger partial charge in [0.1, 0.15) is 5.82 Å². The van der Waals surface area contributed by atoms with E-state index >= 15 is 0 Å². The van der Waals surface area contributed by atoms with Crippen molar-refractivity contribution in [2.45, 2.75) is 31.9 Å². The summed E-state index contributed by atoms with van der Waals surface area (Å²) >= 11 is 6.20. The van der Waals surface area contributed by atoms with Crippen LogP contribution in [-0.4, -0.2) is 22.3 Å². The molecule has 4 rings (SSSR count). The van der Waals surface area contributed by atoms with E-state index in [2.05, 4.69) is 28.8 Å². The standard InChI is InChI=1S/C19H19ClN2O/c20-15-8-9-17-18(12-15)22(13-16-7-4-10-23-16)19(21-17)11-14-5-2-1-3-6-14/h1-3,5-6,8-9,12,16H,4,7,10-11,13H2. The molecule has 0 bridgehead atoms. The van der Waals surface area contributed by atoms with Crippen molar-refractivity contribution in [2.75, 3.05) is 6.61 Å². The van der Waals surface area contributed by atoms with Crippen LogP contribution in [0, 0.1) is 0 Å². The molecule has 1 aliphatic rings. The summed E-state index contributed by atoms with van der Waals surface area (Å²) < 4.78 is 8.11. The van der Waals surface area contributed by atoms with Crippen LogP contribution < -0.4 is 0 Å². The Morgan fingerprint density at radius 1 is 1.17 bits per heavy atom. The molecule has 1 aliphatic heterocycles. The summed E-state index contributed by atoms with van der Waals surface area (Å²) in [7, 11) is 0. The van der Waals surface area contributed by atoms with Crippen molar-refractivity contribution in [3.05, 3.63) is 64.9 Å². The third-order valence-electron chi connectivity index (χ3n) is 4.40. The predicted molar refractivity (Wildman–Crippen MR) is 93.0 cm³/mol. The van der Waals surface area contributed by atoms with Crippen molar-refractivity contribution in [3.8, 4) is 0 Å². The Bertz CT molecular complexity index is 807. The van der Waals surface area contributed by atoms with Crippen LogP contribution >= 0.6 is 11.6 Å². The number of benzene rings is 2. The van der Waals surface area contributed by atoms with Gasteiger partial charge in [0.05, 0.1) is 23.7 Å². The maximum absolute atomic E-state index is 6.20. The monoisotopic (exact) mass is 326 g/mol. The molecule has 0 radical (unpaired) electrons. The summed E-state index contributed by atoms with van der Waals surface area (Å²) in [5.41, 5.74) is 3.36. The van der Waals surface area contributed by atoms with Crippen molar-refractivity contribution in [2.24, 2.45) is 0 Å². The second-order valence-corrected chi connectivity index (χ2v) is 6.51. The molecule has 1 unspecified atom stereocenters. The Hall–Kier alpha value is -1.84. The average molecular weight is 327 g/mol. The fourth-order valence-electron chi connectivity index (χ4n) is 3.25. The molecule has 2 heterocycles. The first-order valence-electron chi connectivity index (χ1n) is 8.10. The molecule has 1 atom stereocenters. The third-order valence-corrected chi connectivity index (χ3v) is 4.64. The lowest BCUT2D eigenvalue weighted by molar-refractivity contribution is 0.0973. The second kappa shape index (κ2) is 6.34. The number of rotatable bonds is 4. The molecule has 0 spiro atoms. The number of hydrogen-bond donors (Lipinski definition) is 0. The van der Waals surface area contributed by atoms with E-state index in [4.69, 9.17) is 21.3 Å². The highest BCUT2D eigenvalue weighted by Crippen LogP contribution is 2.24. The summed E-state index contributed by atoms with van der Waals surface area (Å²) in [4.78, 5) is 4.84. The normalized spacial score (nSPS) is 17.9. The molecule has 0 aliphatic carbocycles. The molecule has 4 heteroatoms. The van der Waals surface area contributed by atoms with E-state index in [1.807, 2.05) is 24.3 Å². The molecule has 2 aromatic carbocycles. The summed E-state index contributed by atoms with van der Waals surface area (Å²) in [6, 6.07) is 16.4. The van der Waals surface area contributed by atoms with Crippen LogP contribution in [0.2, 0.25) is 5.02 Å². The van der Waals surface area contributed by atoms with Gasteiger partial charge in [0.2, 0.25) is 0 Å². The smallest absolute Gasteiger partial charge is 0.114 e. The van der Waals surface area contributed by atoms with Crippen molar-refractivity contribution >= 4 is 22.6 Å². The maximum atomic E-state index is 6.20. The zero-order chi connectivity index (χ0) is 15.6. The van der Waals surface area contributed by atoms with E-state index in [1.165, 1.54) is 5.56 Å². The topological polar surface area (TPSA) is 27.1 Å². The number of nitrogens with zero attached hydrogens (tertiary/aromatic N) is 2. The van der Waals surface area contributed by atoms with E-state index in [0.29, 0.717) is 0 Å². The highest BCUT2D eigenvalue weighted by Gasteiger charge is 2.20. The molecule has 0 N–H and O–H groups in total. The number of ether oxygens (including phenoxy) is 1. The Kier molecular flexibility index (Phi) is 4.06. The van der Waals surface area contributed by atoms with Crippen LogP contribution in [0.15, 0.2) is 48.5 Å². The lowest BCUT2D eigenvalue weighted by atomic mass is 10.1. The van der Waals surface area contributed by atoms with Crippen LogP contribution in [0.25, 0.3) is 11.0 Å². The van der Waals surface area contributed by atoms with Crippen LogP contribution in [0.4, 0.5) is 0 Å². The number of imidazole rings is 1. The largest absolute Gasteiger partial charge is 0.376 e. The SMILES string of the molecule is Clc1ccc2nc(Cc3ccccc3)n(CC3CCCO3)c2c1. The van der Waals surface area contributed by atoms with Gasteiger partial charge in [-0.25, -0.2) is 4.98 Å². The fraction of sp³-hybridized carbons (Fsp3) is 0.316. The van der Waals surface area contributed by atoms with Gasteiger partial charge < -0.3 is 9.30 Å². The molecule has 3 nitrogen and oxygen atoms in total. The average Bonchev–Trinajstić information content (AvgIpc) is 3.18. The molecule has 23 heavy (non-hydrogen) atoms. The van der Waals surface area contributed by atoms with Crippen LogP contribution in [0.1, 0.15) is 24.2 Å². The Labute approximate surface area is 140 Å². The fourth-order valence-corrected chi connectivity index (χ4v) is 3.42. The number of halogens is 1. The molecular weight excluding hydrogens is 308 g/mol. The van der Waals surface area contributed by atoms with Crippen LogP contribution in [-0.2, 0) is 17.7 Å². The predicted octanol–water partition coefficient (Wildman–Crippen LogP) is 4.46. The van der Waals surface area contributed by atoms with E-state index in [0.717, 1.165) is 54.3 Å². The Morgan fingerprint density at radius 3 is 2.83 bits per heavy atom. The van der Waals surface area contributed by atoms with Crippen molar-refractivity contribution in [1.82, 2.24) is 9.55 Å². The number of hydrogen-bond acceptors (Lipinski definition) is 2. The molecule has 3 aromatic rings. The van der Waals surface area contributed by atoms with Gasteiger partial charge in [-0.3, -0.25) is 0 Å². The molecule has 1 saturated heterocycles. The van der Waals surface area contributed by atoms with Gasteiger partial charge in [-0.2, -0.15) is 0 Å². The molecule has 0 amide bonds. The number of fused-ring (bicyclic) bond motifs is 1. The number of aromatic nitrogens is 2. The third kappa shape index (κ3) is 3.12. The van der Waals surface area contributed by atoms with E-state index in [9.17, 15) is 0 Å². The second-order valence-electron chi connectivity index (χ2n) is 6.07. The van der Waals surface area contributed by atoms with Crippen molar-refractivity contribution < 1.29 is 4.74 Å². The first kappa shape index (κ1) is 14.7. The van der Waals surface area contributed by atoms with Gasteiger partial charge in [-0.15, -0.1) is 0 Å². The van der Waals surface area contributed by atoms with E-state index < -0.39 is 0 Å². The molecule has 118 valence electrons. The first-order valence-corrected chi connectivity index (χ1v) is 8.47. The highest BCUT2D eigenvalue weighted by molar-refractivity contribution is 6.31. The van der Waals surface area contributed by atoms with Crippen molar-refractivity contribution in [1.29, 1.82) is 0 Å². The van der Waals surface area contributed by atoms with Crippen molar-refractivity contribution in [3.63, 3.8) is 0 Å². The molecule has 1 aromatic heterocycles. The summed E-state index contributed by atoms with van der Waals surface area (Å²) in [6.07, 6.45) is 3.36. The van der Waals surface area contributed by atoms with E-state index in [1.54, 1.807) is 0 Å². The summed E-state index contributed by atoms with van der Waals surface area (Å²) in [5, 5.41) is 0.747. The van der Waals surface area contributed by atoms with Gasteiger partial charge in [0.25, 0.3) is 0 Å². The quantitative estimate of drug-likeness (QED) is 0.707. The zero-order valence-electron chi connectivity index (χ0n) is 12.9. The molecule has 1 fully saturated rings. The lowest BCUT2D eigenvalue weighted by Crippen LogP contribution is -2.17. The van der Waals surface area contributed by atoms with Gasteiger partial charge in [-0.1, -0.05) is 41.9 Å². The van der Waals surface area contributed by atoms with Gasteiger partial charge in [0, 0.05) is 18.1 Å². The molecule has 0 saturated carbocycles.